The predicted molar refractivity (Wildman–Crippen MR) is 127 cm³/mol. The number of hydrogen-bond acceptors (Lipinski definition) is 7. The molecule has 36 heavy (non-hydrogen) atoms. The number of alkyl halides is 4. The summed E-state index contributed by atoms with van der Waals surface area (Å²) in [5.41, 5.74) is 11.9. The summed E-state index contributed by atoms with van der Waals surface area (Å²) in [5.74, 6) is -1.83. The van der Waals surface area contributed by atoms with Gasteiger partial charge in [-0.25, -0.2) is 28.8 Å². The van der Waals surface area contributed by atoms with Crippen molar-refractivity contribution in [1.29, 1.82) is 0 Å². The van der Waals surface area contributed by atoms with Gasteiger partial charge in [-0.15, -0.1) is 0 Å². The maximum Gasteiger partial charge on any atom is 0.412 e. The lowest BCUT2D eigenvalue weighted by molar-refractivity contribution is -0.142. The molecule has 1 amide bonds. The molecule has 0 aliphatic carbocycles. The number of rotatable bonds is 6. The monoisotopic (exact) mass is 568 g/mol. The predicted octanol–water partition coefficient (Wildman–Crippen LogP) is 4.05. The minimum atomic E-state index is -4.94. The average Bonchev–Trinajstić information content (AvgIpc) is 3.17. The molecule has 0 spiro atoms. The molecule has 0 fully saturated rings. The SMILES string of the molecule is Nc1nc(-c2nn(Cc3ccccc3F)c3ncccc23)nc(N)c1N(C(=O)O)C(CBr)C(F)(F)F. The lowest BCUT2D eigenvalue weighted by Gasteiger charge is -2.30. The number of anilines is 3. The Balaban J connectivity index is 1.83. The highest BCUT2D eigenvalue weighted by Gasteiger charge is 2.47. The molecule has 0 aliphatic heterocycles. The van der Waals surface area contributed by atoms with Crippen LogP contribution < -0.4 is 16.4 Å². The molecule has 1 unspecified atom stereocenters. The Kier molecular flexibility index (Phi) is 6.67. The zero-order valence-corrected chi connectivity index (χ0v) is 19.7. The van der Waals surface area contributed by atoms with Gasteiger partial charge in [0.1, 0.15) is 23.2 Å². The summed E-state index contributed by atoms with van der Waals surface area (Å²) in [4.78, 5) is 24.0. The summed E-state index contributed by atoms with van der Waals surface area (Å²) in [6, 6.07) is 6.83. The van der Waals surface area contributed by atoms with Gasteiger partial charge in [0.15, 0.2) is 23.1 Å². The number of hydrogen-bond donors (Lipinski definition) is 3. The number of carbonyl (C=O) groups is 1. The fraction of sp³-hybridized carbons (Fsp3) is 0.190. The summed E-state index contributed by atoms with van der Waals surface area (Å²) < 4.78 is 56.1. The molecular formula is C21H17BrF4N8O2. The maximum absolute atomic E-state index is 14.2. The van der Waals surface area contributed by atoms with E-state index in [-0.39, 0.29) is 23.0 Å². The summed E-state index contributed by atoms with van der Waals surface area (Å²) >= 11 is 2.69. The van der Waals surface area contributed by atoms with Crippen LogP contribution in [-0.2, 0) is 6.54 Å². The highest BCUT2D eigenvalue weighted by Crippen LogP contribution is 2.37. The number of pyridine rings is 1. The summed E-state index contributed by atoms with van der Waals surface area (Å²) in [6.45, 7) is 0.00847. The Bertz CT molecular complexity index is 1420. The van der Waals surface area contributed by atoms with Gasteiger partial charge in [-0.05, 0) is 18.2 Å². The van der Waals surface area contributed by atoms with E-state index in [1.54, 1.807) is 30.3 Å². The van der Waals surface area contributed by atoms with Gasteiger partial charge in [-0.3, -0.25) is 4.90 Å². The first kappa shape index (κ1) is 25.1. The van der Waals surface area contributed by atoms with Crippen molar-refractivity contribution >= 4 is 50.4 Å². The number of benzene rings is 1. The van der Waals surface area contributed by atoms with Crippen LogP contribution >= 0.6 is 15.9 Å². The number of nitrogens with zero attached hydrogens (tertiary/aromatic N) is 6. The van der Waals surface area contributed by atoms with E-state index in [9.17, 15) is 27.5 Å². The molecule has 4 rings (SSSR count). The fourth-order valence-electron chi connectivity index (χ4n) is 3.60. The summed E-state index contributed by atoms with van der Waals surface area (Å²) in [5, 5.41) is 13.6. The minimum Gasteiger partial charge on any atom is -0.465 e. The van der Waals surface area contributed by atoms with Gasteiger partial charge in [-0.1, -0.05) is 34.1 Å². The summed E-state index contributed by atoms with van der Waals surface area (Å²) in [7, 11) is 0. The van der Waals surface area contributed by atoms with E-state index < -0.39 is 46.8 Å². The molecule has 0 bridgehead atoms. The van der Waals surface area contributed by atoms with Gasteiger partial charge >= 0.3 is 12.3 Å². The molecule has 5 N–H and O–H groups in total. The van der Waals surface area contributed by atoms with Crippen LogP contribution in [0.3, 0.4) is 0 Å². The third kappa shape index (κ3) is 4.60. The normalized spacial score (nSPS) is 12.6. The number of aromatic nitrogens is 5. The number of nitrogens with two attached hydrogens (primary N) is 2. The molecule has 3 heterocycles. The van der Waals surface area contributed by atoms with Crippen molar-refractivity contribution in [1.82, 2.24) is 24.7 Å². The van der Waals surface area contributed by atoms with Crippen molar-refractivity contribution in [3.63, 3.8) is 0 Å². The third-order valence-electron chi connectivity index (χ3n) is 5.22. The topological polar surface area (TPSA) is 149 Å². The van der Waals surface area contributed by atoms with Crippen LogP contribution in [-0.4, -0.2) is 53.5 Å². The minimum absolute atomic E-state index is 0.00847. The van der Waals surface area contributed by atoms with Crippen LogP contribution in [0.25, 0.3) is 22.6 Å². The Labute approximate surface area is 208 Å². The second kappa shape index (κ2) is 9.56. The van der Waals surface area contributed by atoms with Crippen LogP contribution in [0.1, 0.15) is 5.56 Å². The fourth-order valence-corrected chi connectivity index (χ4v) is 4.26. The Morgan fingerprint density at radius 1 is 1.14 bits per heavy atom. The number of nitrogen functional groups attached to an aromatic ring is 2. The molecule has 1 aromatic carbocycles. The van der Waals surface area contributed by atoms with Crippen molar-refractivity contribution in [2.45, 2.75) is 18.8 Å². The van der Waals surface area contributed by atoms with E-state index in [0.717, 1.165) is 0 Å². The first-order chi connectivity index (χ1) is 17.0. The number of halogens is 5. The van der Waals surface area contributed by atoms with Crippen molar-refractivity contribution in [2.75, 3.05) is 21.7 Å². The van der Waals surface area contributed by atoms with E-state index in [2.05, 4.69) is 36.0 Å². The molecule has 0 saturated carbocycles. The molecule has 0 saturated heterocycles. The zero-order chi connectivity index (χ0) is 26.2. The highest BCUT2D eigenvalue weighted by atomic mass is 79.9. The molecule has 188 valence electrons. The van der Waals surface area contributed by atoms with Gasteiger partial charge in [0.2, 0.25) is 0 Å². The molecule has 4 aromatic rings. The van der Waals surface area contributed by atoms with Crippen molar-refractivity contribution in [3.8, 4) is 11.5 Å². The van der Waals surface area contributed by atoms with Crippen molar-refractivity contribution in [3.05, 3.63) is 54.0 Å². The maximum atomic E-state index is 14.2. The number of amides is 1. The zero-order valence-electron chi connectivity index (χ0n) is 18.1. The summed E-state index contributed by atoms with van der Waals surface area (Å²) in [6.07, 6.45) is -5.39. The van der Waals surface area contributed by atoms with Crippen LogP contribution in [0.4, 0.5) is 39.7 Å². The van der Waals surface area contributed by atoms with Crippen molar-refractivity contribution < 1.29 is 27.5 Å². The molecular weight excluding hydrogens is 552 g/mol. The third-order valence-corrected chi connectivity index (χ3v) is 5.83. The van der Waals surface area contributed by atoms with Gasteiger partial charge in [0, 0.05) is 17.1 Å². The van der Waals surface area contributed by atoms with E-state index in [1.165, 1.54) is 16.9 Å². The molecule has 15 heteroatoms. The highest BCUT2D eigenvalue weighted by molar-refractivity contribution is 9.09. The van der Waals surface area contributed by atoms with Gasteiger partial charge in [-0.2, -0.15) is 18.3 Å². The Hall–Kier alpha value is -4.01. The lowest BCUT2D eigenvalue weighted by Crippen LogP contribution is -2.50. The molecule has 3 aromatic heterocycles. The quantitative estimate of drug-likeness (QED) is 0.233. The van der Waals surface area contributed by atoms with E-state index in [1.807, 2.05) is 0 Å². The van der Waals surface area contributed by atoms with Crippen LogP contribution in [0.2, 0.25) is 0 Å². The van der Waals surface area contributed by atoms with Crippen LogP contribution in [0.15, 0.2) is 42.6 Å². The average molecular weight is 569 g/mol. The van der Waals surface area contributed by atoms with E-state index in [4.69, 9.17) is 11.5 Å². The first-order valence-electron chi connectivity index (χ1n) is 10.2. The largest absolute Gasteiger partial charge is 0.465 e. The second-order valence-electron chi connectivity index (χ2n) is 7.50. The first-order valence-corrected chi connectivity index (χ1v) is 11.3. The van der Waals surface area contributed by atoms with Crippen molar-refractivity contribution in [2.24, 2.45) is 0 Å². The molecule has 1 atom stereocenters. The molecule has 0 radical (unpaired) electrons. The number of fused-ring (bicyclic) bond motifs is 1. The number of carboxylic acid groups (broad SMARTS) is 1. The molecule has 10 nitrogen and oxygen atoms in total. The Morgan fingerprint density at radius 3 is 2.39 bits per heavy atom. The van der Waals surface area contributed by atoms with Crippen LogP contribution in [0.5, 0.6) is 0 Å². The standard InChI is InChI=1S/C21H17BrF4N8O2/c22-8-13(21(24,25)26)34(20(35)36)15-16(27)30-18(31-17(15)28)14-11-5-3-7-29-19(11)33(32-14)9-10-4-1-2-6-12(10)23/h1-7,13H,8-9H2,(H,35,36)(H4,27,28,30,31). The van der Waals surface area contributed by atoms with E-state index in [0.29, 0.717) is 16.6 Å². The van der Waals surface area contributed by atoms with E-state index >= 15 is 0 Å². The van der Waals surface area contributed by atoms with Gasteiger partial charge in [0.05, 0.1) is 11.9 Å². The lowest BCUT2D eigenvalue weighted by atomic mass is 10.2. The molecule has 0 aliphatic rings. The van der Waals surface area contributed by atoms with Crippen LogP contribution in [0, 0.1) is 5.82 Å². The van der Waals surface area contributed by atoms with Gasteiger partial charge in [0.25, 0.3) is 0 Å². The Morgan fingerprint density at radius 2 is 1.81 bits per heavy atom. The smallest absolute Gasteiger partial charge is 0.412 e. The second-order valence-corrected chi connectivity index (χ2v) is 8.15. The van der Waals surface area contributed by atoms with Gasteiger partial charge < -0.3 is 16.6 Å².